The molecule has 0 radical (unpaired) electrons. The minimum absolute atomic E-state index is 0.0444. The van der Waals surface area contributed by atoms with Crippen molar-refractivity contribution < 1.29 is 14.4 Å². The van der Waals surface area contributed by atoms with Gasteiger partial charge in [0.2, 0.25) is 11.8 Å². The zero-order valence-electron chi connectivity index (χ0n) is 7.99. The summed E-state index contributed by atoms with van der Waals surface area (Å²) in [7, 11) is 0. The lowest BCUT2D eigenvalue weighted by molar-refractivity contribution is -0.141. The van der Waals surface area contributed by atoms with Gasteiger partial charge in [0.15, 0.2) is 5.12 Å². The fourth-order valence-corrected chi connectivity index (χ4v) is 1.30. The van der Waals surface area contributed by atoms with Gasteiger partial charge in [0.1, 0.15) is 0 Å². The van der Waals surface area contributed by atoms with Crippen LogP contribution in [0, 0.1) is 0 Å². The second kappa shape index (κ2) is 5.75. The molecule has 0 aliphatic heterocycles. The summed E-state index contributed by atoms with van der Waals surface area (Å²) in [6.07, 6.45) is 0. The molecule has 13 heavy (non-hydrogen) atoms. The first-order valence-corrected chi connectivity index (χ1v) is 4.91. The minimum Gasteiger partial charge on any atom is -0.288 e. The Balaban J connectivity index is 4.07. The van der Waals surface area contributed by atoms with Gasteiger partial charge in [-0.2, -0.15) is 0 Å². The number of carbonyl (C=O) groups is 3. The van der Waals surface area contributed by atoms with Crippen molar-refractivity contribution in [3.8, 4) is 0 Å². The number of amides is 2. The molecule has 0 saturated carbocycles. The molecule has 0 saturated heterocycles. The van der Waals surface area contributed by atoms with Gasteiger partial charge in [-0.25, -0.2) is 0 Å². The minimum atomic E-state index is -0.310. The Morgan fingerprint density at radius 2 is 1.77 bits per heavy atom. The van der Waals surface area contributed by atoms with E-state index in [0.29, 0.717) is 6.54 Å². The van der Waals surface area contributed by atoms with Crippen molar-refractivity contribution in [3.05, 3.63) is 0 Å². The Morgan fingerprint density at radius 3 is 2.08 bits per heavy atom. The second-order valence-electron chi connectivity index (χ2n) is 2.44. The van der Waals surface area contributed by atoms with Crippen LogP contribution in [0.25, 0.3) is 0 Å². The van der Waals surface area contributed by atoms with Gasteiger partial charge in [-0.15, -0.1) is 0 Å². The number of rotatable bonds is 3. The average molecular weight is 203 g/mol. The van der Waals surface area contributed by atoms with Crippen molar-refractivity contribution in [2.24, 2.45) is 0 Å². The van der Waals surface area contributed by atoms with E-state index >= 15 is 0 Å². The van der Waals surface area contributed by atoms with Gasteiger partial charge in [0, 0.05) is 20.4 Å². The topological polar surface area (TPSA) is 54.5 Å². The van der Waals surface area contributed by atoms with Gasteiger partial charge in [-0.1, -0.05) is 11.8 Å². The van der Waals surface area contributed by atoms with Crippen LogP contribution in [-0.2, 0) is 14.4 Å². The highest BCUT2D eigenvalue weighted by Gasteiger charge is 2.15. The fraction of sp³-hybridized carbons (Fsp3) is 0.625. The summed E-state index contributed by atoms with van der Waals surface area (Å²) in [5.74, 6) is -0.546. The van der Waals surface area contributed by atoms with Crippen LogP contribution in [-0.4, -0.2) is 34.1 Å². The van der Waals surface area contributed by atoms with E-state index in [4.69, 9.17) is 0 Å². The number of imide groups is 1. The van der Waals surface area contributed by atoms with Crippen LogP contribution in [0.4, 0.5) is 0 Å². The molecule has 0 aromatic heterocycles. The lowest BCUT2D eigenvalue weighted by Crippen LogP contribution is -2.36. The second-order valence-corrected chi connectivity index (χ2v) is 3.59. The monoisotopic (exact) mass is 203 g/mol. The predicted octanol–water partition coefficient (Wildman–Crippen LogP) is 0.661. The van der Waals surface area contributed by atoms with Gasteiger partial charge < -0.3 is 0 Å². The van der Waals surface area contributed by atoms with E-state index in [1.54, 1.807) is 6.92 Å². The smallest absolute Gasteiger partial charge is 0.239 e. The maximum absolute atomic E-state index is 11.3. The number of hydrogen-bond acceptors (Lipinski definition) is 4. The SMILES string of the molecule is CCN(C(C)=O)C(=O)CSC(C)=O. The first-order valence-electron chi connectivity index (χ1n) is 3.93. The molecule has 0 bridgehead atoms. The molecular weight excluding hydrogens is 190 g/mol. The van der Waals surface area contributed by atoms with Crippen LogP contribution in [0.1, 0.15) is 20.8 Å². The van der Waals surface area contributed by atoms with E-state index in [0.717, 1.165) is 16.7 Å². The maximum atomic E-state index is 11.3. The summed E-state index contributed by atoms with van der Waals surface area (Å²) in [5, 5.41) is -0.118. The Kier molecular flexibility index (Phi) is 5.37. The Bertz CT molecular complexity index is 227. The highest BCUT2D eigenvalue weighted by atomic mass is 32.2. The highest BCUT2D eigenvalue weighted by molar-refractivity contribution is 8.14. The molecule has 0 aromatic carbocycles. The standard InChI is InChI=1S/C8H13NO3S/c1-4-9(6(2)10)8(12)5-13-7(3)11/h4-5H2,1-3H3. The molecule has 0 heterocycles. The Morgan fingerprint density at radius 1 is 1.23 bits per heavy atom. The van der Waals surface area contributed by atoms with Gasteiger partial charge in [0.25, 0.3) is 0 Å². The van der Waals surface area contributed by atoms with Crippen molar-refractivity contribution in [3.63, 3.8) is 0 Å². The van der Waals surface area contributed by atoms with Gasteiger partial charge in [-0.3, -0.25) is 19.3 Å². The highest BCUT2D eigenvalue weighted by Crippen LogP contribution is 2.03. The first kappa shape index (κ1) is 12.2. The third-order valence-corrected chi connectivity index (χ3v) is 2.19. The van der Waals surface area contributed by atoms with Crippen LogP contribution < -0.4 is 0 Å². The number of hydrogen-bond donors (Lipinski definition) is 0. The van der Waals surface area contributed by atoms with E-state index in [1.807, 2.05) is 0 Å². The van der Waals surface area contributed by atoms with Gasteiger partial charge >= 0.3 is 0 Å². The van der Waals surface area contributed by atoms with Crippen LogP contribution in [0.3, 0.4) is 0 Å². The number of nitrogens with zero attached hydrogens (tertiary/aromatic N) is 1. The van der Waals surface area contributed by atoms with Crippen LogP contribution in [0.15, 0.2) is 0 Å². The summed E-state index contributed by atoms with van der Waals surface area (Å²) >= 11 is 0.918. The van der Waals surface area contributed by atoms with Gasteiger partial charge in [-0.05, 0) is 6.92 Å². The molecule has 0 atom stereocenters. The zero-order valence-corrected chi connectivity index (χ0v) is 8.81. The molecule has 0 unspecified atom stereocenters. The average Bonchev–Trinajstić information content (AvgIpc) is 2.01. The fourth-order valence-electron chi connectivity index (χ4n) is 0.816. The number of thioether (sulfide) groups is 1. The van der Waals surface area contributed by atoms with Crippen LogP contribution in [0.2, 0.25) is 0 Å². The van der Waals surface area contributed by atoms with E-state index < -0.39 is 0 Å². The van der Waals surface area contributed by atoms with Crippen LogP contribution >= 0.6 is 11.8 Å². The molecule has 2 amide bonds. The van der Waals surface area contributed by atoms with E-state index in [1.165, 1.54) is 13.8 Å². The molecule has 0 aliphatic carbocycles. The Hall–Kier alpha value is -0.840. The lowest BCUT2D eigenvalue weighted by atomic mass is 10.5. The molecule has 0 aromatic rings. The maximum Gasteiger partial charge on any atom is 0.239 e. The van der Waals surface area contributed by atoms with E-state index in [2.05, 4.69) is 0 Å². The molecule has 0 rings (SSSR count). The molecular formula is C8H13NO3S. The van der Waals surface area contributed by atoms with Crippen molar-refractivity contribution in [2.75, 3.05) is 12.3 Å². The molecule has 5 heteroatoms. The largest absolute Gasteiger partial charge is 0.288 e. The third-order valence-electron chi connectivity index (χ3n) is 1.40. The van der Waals surface area contributed by atoms with Gasteiger partial charge in [0.05, 0.1) is 5.75 Å². The summed E-state index contributed by atoms with van der Waals surface area (Å²) < 4.78 is 0. The number of carbonyl (C=O) groups excluding carboxylic acids is 3. The summed E-state index contributed by atoms with van der Waals surface area (Å²) in [4.78, 5) is 33.8. The van der Waals surface area contributed by atoms with Crippen molar-refractivity contribution in [1.82, 2.24) is 4.90 Å². The normalized spacial score (nSPS) is 9.46. The lowest BCUT2D eigenvalue weighted by Gasteiger charge is -2.15. The predicted molar refractivity (Wildman–Crippen MR) is 51.2 cm³/mol. The summed E-state index contributed by atoms with van der Waals surface area (Å²) in [6.45, 7) is 4.80. The molecule has 0 spiro atoms. The van der Waals surface area contributed by atoms with Crippen molar-refractivity contribution >= 4 is 28.7 Å². The van der Waals surface area contributed by atoms with Crippen LogP contribution in [0.5, 0.6) is 0 Å². The van der Waals surface area contributed by atoms with Crippen molar-refractivity contribution in [2.45, 2.75) is 20.8 Å². The quantitative estimate of drug-likeness (QED) is 0.676. The molecule has 0 fully saturated rings. The van der Waals surface area contributed by atoms with E-state index in [9.17, 15) is 14.4 Å². The molecule has 0 N–H and O–H groups in total. The third kappa shape index (κ3) is 4.67. The summed E-state index contributed by atoms with van der Waals surface area (Å²) in [5.41, 5.74) is 0. The summed E-state index contributed by atoms with van der Waals surface area (Å²) in [6, 6.07) is 0. The zero-order chi connectivity index (χ0) is 10.4. The van der Waals surface area contributed by atoms with Crippen molar-refractivity contribution in [1.29, 1.82) is 0 Å². The molecule has 74 valence electrons. The first-order chi connectivity index (χ1) is 5.99. The molecule has 4 nitrogen and oxygen atoms in total. The molecule has 0 aliphatic rings. The van der Waals surface area contributed by atoms with E-state index in [-0.39, 0.29) is 22.7 Å². The Labute approximate surface area is 81.7 Å².